The molecule has 1 N–H and O–H groups in total. The predicted octanol–water partition coefficient (Wildman–Crippen LogP) is 2.27. The number of hydrogen-bond acceptors (Lipinski definition) is 3. The highest BCUT2D eigenvalue weighted by Crippen LogP contribution is 2.36. The average molecular weight is 229 g/mol. The van der Waals surface area contributed by atoms with Crippen molar-refractivity contribution in [3.05, 3.63) is 34.9 Å². The Balaban J connectivity index is 2.62. The minimum atomic E-state index is -4.50. The molecule has 84 valence electrons. The number of fused-ring (bicyclic) bond motifs is 1. The Morgan fingerprint density at radius 2 is 2.00 bits per heavy atom. The molecule has 0 radical (unpaired) electrons. The number of Topliss-reactive ketones (excluding diaryl/α,β-unsaturated/α-hetero) is 1. The molecule has 0 amide bonds. The van der Waals surface area contributed by atoms with Gasteiger partial charge in [0.15, 0.2) is 0 Å². The number of carbonyl (C=O) groups is 1. The molecule has 0 spiro atoms. The van der Waals surface area contributed by atoms with Gasteiger partial charge in [0.2, 0.25) is 5.78 Å². The number of halogens is 3. The normalized spacial score (nSPS) is 17.9. The summed E-state index contributed by atoms with van der Waals surface area (Å²) in [4.78, 5) is 11.4. The second-order valence-electron chi connectivity index (χ2n) is 3.38. The second-order valence-corrected chi connectivity index (χ2v) is 3.38. The first-order valence-electron chi connectivity index (χ1n) is 4.40. The molecule has 0 bridgehead atoms. The first-order valence-corrected chi connectivity index (χ1v) is 4.40. The summed E-state index contributed by atoms with van der Waals surface area (Å²) < 4.78 is 37.8. The molecule has 0 aliphatic heterocycles. The van der Waals surface area contributed by atoms with E-state index < -0.39 is 17.5 Å². The number of benzene rings is 1. The monoisotopic (exact) mass is 229 g/mol. The topological polar surface area (TPSA) is 49.7 Å². The van der Waals surface area contributed by atoms with E-state index in [9.17, 15) is 18.0 Å². The highest BCUT2D eigenvalue weighted by atomic mass is 19.4. The molecule has 0 fully saturated rings. The van der Waals surface area contributed by atoms with Gasteiger partial charge in [-0.1, -0.05) is 17.3 Å². The van der Waals surface area contributed by atoms with Crippen LogP contribution in [0.15, 0.2) is 23.4 Å². The highest BCUT2D eigenvalue weighted by Gasteiger charge is 2.38. The maximum absolute atomic E-state index is 12.6. The lowest BCUT2D eigenvalue weighted by Crippen LogP contribution is -2.09. The van der Waals surface area contributed by atoms with E-state index in [2.05, 4.69) is 5.16 Å². The van der Waals surface area contributed by atoms with Crippen LogP contribution in [0.2, 0.25) is 0 Å². The summed E-state index contributed by atoms with van der Waals surface area (Å²) in [6.07, 6.45) is -4.78. The van der Waals surface area contributed by atoms with Gasteiger partial charge >= 0.3 is 6.18 Å². The van der Waals surface area contributed by atoms with E-state index in [1.807, 2.05) is 0 Å². The number of carbonyl (C=O) groups excluding carboxylic acids is 1. The summed E-state index contributed by atoms with van der Waals surface area (Å²) >= 11 is 0. The fourth-order valence-electron chi connectivity index (χ4n) is 1.74. The second kappa shape index (κ2) is 3.33. The molecule has 0 saturated carbocycles. The van der Waals surface area contributed by atoms with E-state index in [1.54, 1.807) is 0 Å². The quantitative estimate of drug-likeness (QED) is 0.548. The molecule has 1 aromatic rings. The zero-order valence-electron chi connectivity index (χ0n) is 7.88. The van der Waals surface area contributed by atoms with Crippen LogP contribution in [0.4, 0.5) is 13.2 Å². The van der Waals surface area contributed by atoms with Gasteiger partial charge in [-0.3, -0.25) is 4.79 Å². The van der Waals surface area contributed by atoms with Crippen molar-refractivity contribution < 1.29 is 23.2 Å². The van der Waals surface area contributed by atoms with Crippen LogP contribution in [-0.4, -0.2) is 16.7 Å². The van der Waals surface area contributed by atoms with Crippen molar-refractivity contribution >= 4 is 11.5 Å². The fraction of sp³-hybridized carbons (Fsp3) is 0.200. The molecule has 0 atom stereocenters. The Labute approximate surface area is 88.2 Å². The van der Waals surface area contributed by atoms with Crippen molar-refractivity contribution in [3.8, 4) is 0 Å². The molecule has 16 heavy (non-hydrogen) atoms. The Morgan fingerprint density at radius 3 is 2.56 bits per heavy atom. The largest absolute Gasteiger partial charge is 0.416 e. The Hall–Kier alpha value is -1.85. The lowest BCUT2D eigenvalue weighted by Gasteiger charge is -2.10. The van der Waals surface area contributed by atoms with Crippen molar-refractivity contribution in [2.24, 2.45) is 5.16 Å². The smallest absolute Gasteiger partial charge is 0.411 e. The molecule has 2 rings (SSSR count). The zero-order valence-corrected chi connectivity index (χ0v) is 7.88. The van der Waals surface area contributed by atoms with Crippen molar-refractivity contribution in [2.45, 2.75) is 12.6 Å². The van der Waals surface area contributed by atoms with Gasteiger partial charge in [-0.25, -0.2) is 0 Å². The predicted molar refractivity (Wildman–Crippen MR) is 48.7 cm³/mol. The van der Waals surface area contributed by atoms with Crippen LogP contribution in [0.5, 0.6) is 0 Å². The van der Waals surface area contributed by atoms with Crippen LogP contribution in [0.3, 0.4) is 0 Å². The van der Waals surface area contributed by atoms with Gasteiger partial charge in [0, 0.05) is 12.0 Å². The van der Waals surface area contributed by atoms with Gasteiger partial charge in [-0.05, 0) is 11.6 Å². The molecule has 0 unspecified atom stereocenters. The van der Waals surface area contributed by atoms with Gasteiger partial charge in [-0.2, -0.15) is 13.2 Å². The van der Waals surface area contributed by atoms with Crippen LogP contribution in [0, 0.1) is 0 Å². The third kappa shape index (κ3) is 1.46. The van der Waals surface area contributed by atoms with Crippen LogP contribution in [0.1, 0.15) is 21.5 Å². The van der Waals surface area contributed by atoms with Crippen LogP contribution in [-0.2, 0) is 12.6 Å². The third-order valence-corrected chi connectivity index (χ3v) is 2.45. The maximum atomic E-state index is 12.6. The van der Waals surface area contributed by atoms with Crippen molar-refractivity contribution in [1.82, 2.24) is 0 Å². The third-order valence-electron chi connectivity index (χ3n) is 2.45. The standard InChI is InChI=1S/C10H6F3NO2/c11-10(12,13)7-3-1-2-5-6(7)4-8(14-16)9(5)15/h1-3,16H,4H2/b14-8+. The molecule has 1 aliphatic carbocycles. The molecular formula is C10H6F3NO2. The Bertz CT molecular complexity index is 491. The molecule has 0 saturated heterocycles. The minimum absolute atomic E-state index is 0.0392. The number of alkyl halides is 3. The number of hydrogen-bond donors (Lipinski definition) is 1. The number of nitrogens with zero attached hydrogens (tertiary/aromatic N) is 1. The number of rotatable bonds is 0. The molecule has 3 nitrogen and oxygen atoms in total. The molecule has 6 heteroatoms. The molecule has 1 aliphatic rings. The summed E-state index contributed by atoms with van der Waals surface area (Å²) in [7, 11) is 0. The summed E-state index contributed by atoms with van der Waals surface area (Å²) in [6, 6.07) is 3.37. The van der Waals surface area contributed by atoms with Gasteiger partial charge in [0.1, 0.15) is 5.71 Å². The summed E-state index contributed by atoms with van der Waals surface area (Å²) in [5, 5.41) is 11.2. The van der Waals surface area contributed by atoms with E-state index >= 15 is 0 Å². The van der Waals surface area contributed by atoms with Crippen LogP contribution in [0.25, 0.3) is 0 Å². The zero-order chi connectivity index (χ0) is 11.9. The lowest BCUT2D eigenvalue weighted by molar-refractivity contribution is -0.138. The molecule has 0 heterocycles. The molecular weight excluding hydrogens is 223 g/mol. The van der Waals surface area contributed by atoms with Crippen molar-refractivity contribution in [2.75, 3.05) is 0 Å². The maximum Gasteiger partial charge on any atom is 0.416 e. The summed E-state index contributed by atoms with van der Waals surface area (Å²) in [5.41, 5.74) is -1.26. The van der Waals surface area contributed by atoms with E-state index in [1.165, 1.54) is 12.1 Å². The Kier molecular flexibility index (Phi) is 2.22. The number of oxime groups is 1. The van der Waals surface area contributed by atoms with Crippen LogP contribution < -0.4 is 0 Å². The highest BCUT2D eigenvalue weighted by molar-refractivity contribution is 6.49. The Morgan fingerprint density at radius 1 is 1.31 bits per heavy atom. The molecule has 1 aromatic carbocycles. The summed E-state index contributed by atoms with van der Waals surface area (Å²) in [5.74, 6) is -0.649. The van der Waals surface area contributed by atoms with Gasteiger partial charge in [0.05, 0.1) is 5.56 Å². The average Bonchev–Trinajstić information content (AvgIpc) is 2.54. The first kappa shape index (κ1) is 10.7. The van der Waals surface area contributed by atoms with Gasteiger partial charge in [-0.15, -0.1) is 0 Å². The van der Waals surface area contributed by atoms with E-state index in [0.717, 1.165) is 6.07 Å². The van der Waals surface area contributed by atoms with Gasteiger partial charge < -0.3 is 5.21 Å². The molecule has 0 aromatic heterocycles. The minimum Gasteiger partial charge on any atom is -0.411 e. The van der Waals surface area contributed by atoms with Crippen LogP contribution >= 0.6 is 0 Å². The fourth-order valence-corrected chi connectivity index (χ4v) is 1.74. The van der Waals surface area contributed by atoms with Crippen molar-refractivity contribution in [1.29, 1.82) is 0 Å². The lowest BCUT2D eigenvalue weighted by atomic mass is 10.0. The number of ketones is 1. The van der Waals surface area contributed by atoms with Gasteiger partial charge in [0.25, 0.3) is 0 Å². The summed E-state index contributed by atoms with van der Waals surface area (Å²) in [6.45, 7) is 0. The van der Waals surface area contributed by atoms with E-state index in [4.69, 9.17) is 5.21 Å². The first-order chi connectivity index (χ1) is 7.45. The van der Waals surface area contributed by atoms with E-state index in [0.29, 0.717) is 0 Å². The van der Waals surface area contributed by atoms with E-state index in [-0.39, 0.29) is 23.3 Å². The van der Waals surface area contributed by atoms with Crippen molar-refractivity contribution in [3.63, 3.8) is 0 Å². The SMILES string of the molecule is O=C1/C(=N/O)Cc2c1cccc2C(F)(F)F.